The predicted molar refractivity (Wildman–Crippen MR) is 69.4 cm³/mol. The summed E-state index contributed by atoms with van der Waals surface area (Å²) in [5.41, 5.74) is 7.07. The van der Waals surface area contributed by atoms with Crippen molar-refractivity contribution in [3.8, 4) is 11.5 Å². The van der Waals surface area contributed by atoms with Gasteiger partial charge in [0, 0.05) is 30.8 Å². The number of ether oxygens (including phenoxy) is 1. The minimum absolute atomic E-state index is 0.414. The molecule has 0 spiro atoms. The van der Waals surface area contributed by atoms with Crippen molar-refractivity contribution >= 4 is 17.3 Å². The van der Waals surface area contributed by atoms with Crippen LogP contribution in [0.4, 0.5) is 5.69 Å². The Labute approximate surface area is 110 Å². The summed E-state index contributed by atoms with van der Waals surface area (Å²) in [6, 6.07) is 5.16. The van der Waals surface area contributed by atoms with Crippen molar-refractivity contribution in [2.75, 3.05) is 19.5 Å². The topological polar surface area (TPSA) is 74.2 Å². The first-order valence-corrected chi connectivity index (χ1v) is 5.95. The standard InChI is InChI=1S/C12H14ClN3O2/c1-17-6-2-3-11-15-12(18-16-11)9-5-4-8(13)7-10(9)14/h4-5,7H,2-3,6,14H2,1H3. The fraction of sp³-hybridized carbons (Fsp3) is 0.333. The van der Waals surface area contributed by atoms with Crippen molar-refractivity contribution in [2.45, 2.75) is 12.8 Å². The molecule has 18 heavy (non-hydrogen) atoms. The van der Waals surface area contributed by atoms with Crippen molar-refractivity contribution in [1.29, 1.82) is 0 Å². The van der Waals surface area contributed by atoms with E-state index in [2.05, 4.69) is 10.1 Å². The molecule has 0 bridgehead atoms. The van der Waals surface area contributed by atoms with Crippen molar-refractivity contribution < 1.29 is 9.26 Å². The summed E-state index contributed by atoms with van der Waals surface area (Å²) in [5, 5.41) is 4.48. The molecular weight excluding hydrogens is 254 g/mol. The number of hydrogen-bond acceptors (Lipinski definition) is 5. The molecule has 1 aromatic carbocycles. The molecule has 6 heteroatoms. The van der Waals surface area contributed by atoms with Crippen molar-refractivity contribution in [3.63, 3.8) is 0 Å². The first kappa shape index (κ1) is 12.9. The molecule has 0 unspecified atom stereocenters. The van der Waals surface area contributed by atoms with Crippen LogP contribution in [0.2, 0.25) is 5.02 Å². The van der Waals surface area contributed by atoms with Crippen molar-refractivity contribution in [2.24, 2.45) is 0 Å². The molecule has 5 nitrogen and oxygen atoms in total. The van der Waals surface area contributed by atoms with Gasteiger partial charge in [0.15, 0.2) is 5.82 Å². The maximum absolute atomic E-state index is 5.85. The second-order valence-electron chi connectivity index (χ2n) is 3.84. The molecule has 2 aromatic rings. The smallest absolute Gasteiger partial charge is 0.260 e. The molecule has 2 N–H and O–H groups in total. The van der Waals surface area contributed by atoms with Crippen LogP contribution < -0.4 is 5.73 Å². The number of aromatic nitrogens is 2. The van der Waals surface area contributed by atoms with Gasteiger partial charge in [-0.25, -0.2) is 0 Å². The van der Waals surface area contributed by atoms with E-state index in [1.165, 1.54) is 0 Å². The molecule has 1 heterocycles. The van der Waals surface area contributed by atoms with Gasteiger partial charge < -0.3 is 15.0 Å². The van der Waals surface area contributed by atoms with Crippen LogP contribution in [0, 0.1) is 0 Å². The first-order valence-electron chi connectivity index (χ1n) is 5.57. The maximum atomic E-state index is 5.85. The number of anilines is 1. The minimum Gasteiger partial charge on any atom is -0.398 e. The molecular formula is C12H14ClN3O2. The second-order valence-corrected chi connectivity index (χ2v) is 4.28. The molecule has 0 saturated heterocycles. The number of rotatable bonds is 5. The van der Waals surface area contributed by atoms with Gasteiger partial charge in [-0.05, 0) is 24.6 Å². The highest BCUT2D eigenvalue weighted by Crippen LogP contribution is 2.27. The van der Waals surface area contributed by atoms with Crippen LogP contribution in [0.1, 0.15) is 12.2 Å². The molecule has 0 aliphatic carbocycles. The lowest BCUT2D eigenvalue weighted by Gasteiger charge is -2.00. The number of methoxy groups -OCH3 is 1. The van der Waals surface area contributed by atoms with Crippen LogP contribution in [0.5, 0.6) is 0 Å². The third kappa shape index (κ3) is 3.00. The Kier molecular flexibility index (Phi) is 4.17. The van der Waals surface area contributed by atoms with E-state index in [9.17, 15) is 0 Å². The highest BCUT2D eigenvalue weighted by Gasteiger charge is 2.11. The summed E-state index contributed by atoms with van der Waals surface area (Å²) in [6.07, 6.45) is 1.57. The Morgan fingerprint density at radius 3 is 3.00 bits per heavy atom. The maximum Gasteiger partial charge on any atom is 0.260 e. The summed E-state index contributed by atoms with van der Waals surface area (Å²) < 4.78 is 10.1. The monoisotopic (exact) mass is 267 g/mol. The summed E-state index contributed by atoms with van der Waals surface area (Å²) in [4.78, 5) is 4.29. The average molecular weight is 268 g/mol. The lowest BCUT2D eigenvalue weighted by molar-refractivity contribution is 0.194. The van der Waals surface area contributed by atoms with Gasteiger partial charge in [0.05, 0.1) is 5.56 Å². The zero-order chi connectivity index (χ0) is 13.0. The van der Waals surface area contributed by atoms with Gasteiger partial charge in [0.1, 0.15) is 0 Å². The third-order valence-electron chi connectivity index (χ3n) is 2.46. The molecule has 0 atom stereocenters. The number of halogens is 1. The summed E-state index contributed by atoms with van der Waals surface area (Å²) in [5.74, 6) is 1.06. The van der Waals surface area contributed by atoms with Gasteiger partial charge >= 0.3 is 0 Å². The zero-order valence-electron chi connectivity index (χ0n) is 10.0. The molecule has 2 rings (SSSR count). The Morgan fingerprint density at radius 2 is 2.28 bits per heavy atom. The van der Waals surface area contributed by atoms with E-state index in [1.807, 2.05) is 0 Å². The van der Waals surface area contributed by atoms with E-state index < -0.39 is 0 Å². The SMILES string of the molecule is COCCCc1noc(-c2ccc(Cl)cc2N)n1. The molecule has 0 saturated carbocycles. The Morgan fingerprint density at radius 1 is 1.44 bits per heavy atom. The van der Waals surface area contributed by atoms with Crippen LogP contribution in [-0.4, -0.2) is 23.9 Å². The molecule has 96 valence electrons. The molecule has 0 radical (unpaired) electrons. The van der Waals surface area contributed by atoms with E-state index in [0.29, 0.717) is 41.0 Å². The van der Waals surface area contributed by atoms with Crippen LogP contribution in [0.3, 0.4) is 0 Å². The summed E-state index contributed by atoms with van der Waals surface area (Å²) in [6.45, 7) is 0.674. The molecule has 0 aliphatic rings. The second kappa shape index (κ2) is 5.84. The zero-order valence-corrected chi connectivity index (χ0v) is 10.8. The lowest BCUT2D eigenvalue weighted by atomic mass is 10.2. The number of nitrogens with two attached hydrogens (primary N) is 1. The molecule has 1 aromatic heterocycles. The molecule has 0 fully saturated rings. The number of benzene rings is 1. The van der Waals surface area contributed by atoms with Gasteiger partial charge in [-0.2, -0.15) is 4.98 Å². The van der Waals surface area contributed by atoms with Crippen LogP contribution in [0.25, 0.3) is 11.5 Å². The highest BCUT2D eigenvalue weighted by molar-refractivity contribution is 6.31. The van der Waals surface area contributed by atoms with Crippen molar-refractivity contribution in [1.82, 2.24) is 10.1 Å². The highest BCUT2D eigenvalue weighted by atomic mass is 35.5. The summed E-state index contributed by atoms with van der Waals surface area (Å²) >= 11 is 5.83. The van der Waals surface area contributed by atoms with Gasteiger partial charge in [-0.1, -0.05) is 16.8 Å². The number of hydrogen-bond donors (Lipinski definition) is 1. The lowest BCUT2D eigenvalue weighted by Crippen LogP contribution is -1.94. The number of aryl methyl sites for hydroxylation is 1. The van der Waals surface area contributed by atoms with Gasteiger partial charge in [0.25, 0.3) is 5.89 Å². The fourth-order valence-corrected chi connectivity index (χ4v) is 1.75. The minimum atomic E-state index is 0.414. The summed E-state index contributed by atoms with van der Waals surface area (Å²) in [7, 11) is 1.66. The van der Waals surface area contributed by atoms with Crippen molar-refractivity contribution in [3.05, 3.63) is 29.0 Å². The van der Waals surface area contributed by atoms with E-state index >= 15 is 0 Å². The van der Waals surface area contributed by atoms with Gasteiger partial charge in [-0.15, -0.1) is 0 Å². The van der Waals surface area contributed by atoms with Gasteiger partial charge in [-0.3, -0.25) is 0 Å². The Balaban J connectivity index is 2.13. The molecule has 0 amide bonds. The first-order chi connectivity index (χ1) is 8.70. The van der Waals surface area contributed by atoms with Crippen LogP contribution in [0.15, 0.2) is 22.7 Å². The predicted octanol–water partition coefficient (Wildman–Crippen LogP) is 2.55. The number of nitrogen functional groups attached to an aromatic ring is 1. The average Bonchev–Trinajstić information content (AvgIpc) is 2.78. The fourth-order valence-electron chi connectivity index (χ4n) is 1.57. The Hall–Kier alpha value is -1.59. The van der Waals surface area contributed by atoms with E-state index in [4.69, 9.17) is 26.6 Å². The largest absolute Gasteiger partial charge is 0.398 e. The normalized spacial score (nSPS) is 10.8. The van der Waals surface area contributed by atoms with Crippen LogP contribution >= 0.6 is 11.6 Å². The Bertz CT molecular complexity index is 528. The number of nitrogens with zero attached hydrogens (tertiary/aromatic N) is 2. The quantitative estimate of drug-likeness (QED) is 0.666. The van der Waals surface area contributed by atoms with E-state index in [1.54, 1.807) is 25.3 Å². The molecule has 0 aliphatic heterocycles. The van der Waals surface area contributed by atoms with E-state index in [0.717, 1.165) is 6.42 Å². The third-order valence-corrected chi connectivity index (χ3v) is 2.70. The van der Waals surface area contributed by atoms with E-state index in [-0.39, 0.29) is 0 Å². The van der Waals surface area contributed by atoms with Crippen LogP contribution in [-0.2, 0) is 11.2 Å². The van der Waals surface area contributed by atoms with Gasteiger partial charge in [0.2, 0.25) is 0 Å².